The maximum absolute atomic E-state index is 11.3. The van der Waals surface area contributed by atoms with Gasteiger partial charge < -0.3 is 9.80 Å². The smallest absolute Gasteiger partial charge is 0.312 e. The molecule has 4 heteroatoms. The largest absolute Gasteiger partial charge is 0.341 e. The van der Waals surface area contributed by atoms with Crippen molar-refractivity contribution in [3.05, 3.63) is 0 Å². The molecule has 12 heavy (non-hydrogen) atoms. The quantitative estimate of drug-likeness (QED) is 0.520. The Labute approximate surface area is 73.1 Å². The van der Waals surface area contributed by atoms with Crippen LogP contribution in [0.15, 0.2) is 0 Å². The van der Waals surface area contributed by atoms with E-state index in [1.807, 2.05) is 13.8 Å². The summed E-state index contributed by atoms with van der Waals surface area (Å²) in [6.45, 7) is 3.72. The summed E-state index contributed by atoms with van der Waals surface area (Å²) in [7, 11) is 4.75. The van der Waals surface area contributed by atoms with Crippen LogP contribution in [0.25, 0.3) is 0 Å². The molecule has 0 aliphatic rings. The molecule has 0 radical (unpaired) electrons. The Bertz CT molecular complexity index is 187. The fraction of sp³-hybridized carbons (Fsp3) is 0.750. The van der Waals surface area contributed by atoms with E-state index in [2.05, 4.69) is 0 Å². The number of rotatable bonds is 1. The van der Waals surface area contributed by atoms with Crippen molar-refractivity contribution in [1.29, 1.82) is 0 Å². The first-order valence-electron chi connectivity index (χ1n) is 3.86. The van der Waals surface area contributed by atoms with E-state index < -0.39 is 11.8 Å². The third-order valence-corrected chi connectivity index (χ3v) is 1.68. The molecule has 0 spiro atoms. The molecule has 0 fully saturated rings. The number of carbonyl (C=O) groups is 2. The molecule has 0 aromatic heterocycles. The minimum Gasteiger partial charge on any atom is -0.341 e. The Hall–Kier alpha value is -1.06. The molecule has 0 bridgehead atoms. The minimum absolute atomic E-state index is 0.0569. The number of nitrogens with zero attached hydrogens (tertiary/aromatic N) is 2. The van der Waals surface area contributed by atoms with E-state index in [1.54, 1.807) is 21.1 Å². The molecule has 0 aliphatic carbocycles. The number of carbonyl (C=O) groups excluding carboxylic acids is 2. The van der Waals surface area contributed by atoms with E-state index in [0.717, 1.165) is 0 Å². The highest BCUT2D eigenvalue weighted by molar-refractivity contribution is 6.34. The third-order valence-electron chi connectivity index (χ3n) is 1.68. The van der Waals surface area contributed by atoms with Crippen molar-refractivity contribution in [2.45, 2.75) is 19.9 Å². The predicted molar refractivity (Wildman–Crippen MR) is 46.6 cm³/mol. The van der Waals surface area contributed by atoms with Crippen molar-refractivity contribution >= 4 is 11.8 Å². The Kier molecular flexibility index (Phi) is 3.73. The van der Waals surface area contributed by atoms with Gasteiger partial charge in [-0.3, -0.25) is 9.59 Å². The summed E-state index contributed by atoms with van der Waals surface area (Å²) in [5.74, 6) is -0.943. The molecule has 0 heterocycles. The summed E-state index contributed by atoms with van der Waals surface area (Å²) in [5, 5.41) is 0. The van der Waals surface area contributed by atoms with Crippen LogP contribution in [0.4, 0.5) is 0 Å². The lowest BCUT2D eigenvalue weighted by Crippen LogP contribution is -2.43. The lowest BCUT2D eigenvalue weighted by Gasteiger charge is -2.22. The van der Waals surface area contributed by atoms with Gasteiger partial charge in [0.1, 0.15) is 0 Å². The first-order chi connectivity index (χ1) is 5.37. The molecule has 4 nitrogen and oxygen atoms in total. The molecule has 0 aliphatic heterocycles. The van der Waals surface area contributed by atoms with Gasteiger partial charge in [0, 0.05) is 27.2 Å². The van der Waals surface area contributed by atoms with Gasteiger partial charge in [-0.2, -0.15) is 0 Å². The van der Waals surface area contributed by atoms with E-state index in [-0.39, 0.29) is 6.04 Å². The Morgan fingerprint density at radius 3 is 1.67 bits per heavy atom. The fourth-order valence-corrected chi connectivity index (χ4v) is 0.577. The zero-order valence-corrected chi connectivity index (χ0v) is 8.29. The van der Waals surface area contributed by atoms with E-state index in [4.69, 9.17) is 0 Å². The molecule has 0 unspecified atom stereocenters. The van der Waals surface area contributed by atoms with Gasteiger partial charge >= 0.3 is 11.8 Å². The number of hydrogen-bond acceptors (Lipinski definition) is 2. The van der Waals surface area contributed by atoms with Gasteiger partial charge in [0.05, 0.1) is 0 Å². The second kappa shape index (κ2) is 4.09. The predicted octanol–water partition coefficient (Wildman–Crippen LogP) is -0.0586. The molecule has 0 rings (SSSR count). The monoisotopic (exact) mass is 172 g/mol. The van der Waals surface area contributed by atoms with Gasteiger partial charge in [-0.25, -0.2) is 0 Å². The molecule has 0 aromatic carbocycles. The summed E-state index contributed by atoms with van der Waals surface area (Å²) in [5.41, 5.74) is 0. The topological polar surface area (TPSA) is 40.6 Å². The molecule has 2 amide bonds. The third kappa shape index (κ3) is 2.53. The second-order valence-corrected chi connectivity index (χ2v) is 3.21. The summed E-state index contributed by atoms with van der Waals surface area (Å²) < 4.78 is 0. The molecule has 0 saturated heterocycles. The van der Waals surface area contributed by atoms with Crippen LogP contribution in [0.5, 0.6) is 0 Å². The van der Waals surface area contributed by atoms with Crippen LogP contribution < -0.4 is 0 Å². The Morgan fingerprint density at radius 1 is 1.00 bits per heavy atom. The van der Waals surface area contributed by atoms with Crippen molar-refractivity contribution in [2.24, 2.45) is 0 Å². The Morgan fingerprint density at radius 2 is 1.42 bits per heavy atom. The highest BCUT2D eigenvalue weighted by Gasteiger charge is 2.21. The van der Waals surface area contributed by atoms with Gasteiger partial charge in [0.15, 0.2) is 0 Å². The first kappa shape index (κ1) is 10.9. The van der Waals surface area contributed by atoms with Crippen LogP contribution in [-0.2, 0) is 9.59 Å². The molecular formula is C8H16N2O2. The normalized spacial score (nSPS) is 9.83. The number of likely N-dealkylation sites (N-methyl/N-ethyl adjacent to an activating group) is 2. The van der Waals surface area contributed by atoms with Crippen molar-refractivity contribution in [2.75, 3.05) is 21.1 Å². The molecule has 0 N–H and O–H groups in total. The summed E-state index contributed by atoms with van der Waals surface area (Å²) in [4.78, 5) is 25.1. The highest BCUT2D eigenvalue weighted by Crippen LogP contribution is 1.95. The van der Waals surface area contributed by atoms with Gasteiger partial charge in [-0.1, -0.05) is 0 Å². The van der Waals surface area contributed by atoms with Crippen molar-refractivity contribution < 1.29 is 9.59 Å². The van der Waals surface area contributed by atoms with Crippen LogP contribution in [0, 0.1) is 0 Å². The maximum atomic E-state index is 11.3. The van der Waals surface area contributed by atoms with Crippen LogP contribution in [0.2, 0.25) is 0 Å². The molecule has 0 aromatic rings. The average Bonchev–Trinajstić information content (AvgIpc) is 2.00. The van der Waals surface area contributed by atoms with Crippen molar-refractivity contribution in [1.82, 2.24) is 9.80 Å². The summed E-state index contributed by atoms with van der Waals surface area (Å²) >= 11 is 0. The molecule has 70 valence electrons. The SMILES string of the molecule is CC(C)N(C)C(=O)C(=O)N(C)C. The number of hydrogen-bond donors (Lipinski definition) is 0. The van der Waals surface area contributed by atoms with E-state index in [1.165, 1.54) is 9.80 Å². The Balaban J connectivity index is 4.30. The standard InChI is InChI=1S/C8H16N2O2/c1-6(2)10(5)8(12)7(11)9(3)4/h6H,1-5H3. The zero-order valence-electron chi connectivity index (χ0n) is 8.29. The molecule has 0 atom stereocenters. The molecule has 0 saturated carbocycles. The summed E-state index contributed by atoms with van der Waals surface area (Å²) in [6, 6.07) is 0.0569. The van der Waals surface area contributed by atoms with E-state index in [9.17, 15) is 9.59 Å². The maximum Gasteiger partial charge on any atom is 0.312 e. The van der Waals surface area contributed by atoms with E-state index in [0.29, 0.717) is 0 Å². The van der Waals surface area contributed by atoms with Crippen LogP contribution in [0.3, 0.4) is 0 Å². The second-order valence-electron chi connectivity index (χ2n) is 3.21. The summed E-state index contributed by atoms with van der Waals surface area (Å²) in [6.07, 6.45) is 0. The lowest BCUT2D eigenvalue weighted by molar-refractivity contribution is -0.150. The van der Waals surface area contributed by atoms with Gasteiger partial charge in [-0.15, -0.1) is 0 Å². The first-order valence-corrected chi connectivity index (χ1v) is 3.86. The van der Waals surface area contributed by atoms with Gasteiger partial charge in [0.25, 0.3) is 0 Å². The number of amides is 2. The molecular weight excluding hydrogens is 156 g/mol. The highest BCUT2D eigenvalue weighted by atomic mass is 16.2. The van der Waals surface area contributed by atoms with Crippen LogP contribution >= 0.6 is 0 Å². The minimum atomic E-state index is -0.480. The van der Waals surface area contributed by atoms with Crippen molar-refractivity contribution in [3.63, 3.8) is 0 Å². The zero-order chi connectivity index (χ0) is 9.89. The van der Waals surface area contributed by atoms with Gasteiger partial charge in [-0.05, 0) is 13.8 Å². The average molecular weight is 172 g/mol. The van der Waals surface area contributed by atoms with Crippen LogP contribution in [0.1, 0.15) is 13.8 Å². The lowest BCUT2D eigenvalue weighted by atomic mass is 10.3. The van der Waals surface area contributed by atoms with Crippen molar-refractivity contribution in [3.8, 4) is 0 Å². The fourth-order valence-electron chi connectivity index (χ4n) is 0.577. The van der Waals surface area contributed by atoms with Gasteiger partial charge in [0.2, 0.25) is 0 Å². The van der Waals surface area contributed by atoms with E-state index >= 15 is 0 Å². The van der Waals surface area contributed by atoms with Crippen LogP contribution in [-0.4, -0.2) is 48.8 Å².